The van der Waals surface area contributed by atoms with Gasteiger partial charge in [-0.25, -0.2) is 0 Å². The summed E-state index contributed by atoms with van der Waals surface area (Å²) in [5, 5.41) is 1.24. The van der Waals surface area contributed by atoms with E-state index in [0.29, 0.717) is 7.56 Å². The van der Waals surface area contributed by atoms with Crippen LogP contribution in [0.1, 0.15) is 25.6 Å². The van der Waals surface area contributed by atoms with E-state index in [-0.39, 0.29) is 7.43 Å². The molecule has 0 unspecified atom stereocenters. The molecule has 1 aromatic carbocycles. The maximum absolute atomic E-state index is 10.2. The lowest BCUT2D eigenvalue weighted by molar-refractivity contribution is 0.877. The monoisotopic (exact) mass is 232 g/mol. The van der Waals surface area contributed by atoms with Gasteiger partial charge in [0.2, 0.25) is 0 Å². The Morgan fingerprint density at radius 1 is 1.29 bits per heavy atom. The number of hydrogen-bond donors (Lipinski definition) is 0. The lowest BCUT2D eigenvalue weighted by Crippen LogP contribution is -1.91. The van der Waals surface area contributed by atoms with Crippen molar-refractivity contribution < 1.29 is 4.32 Å². The van der Waals surface area contributed by atoms with Gasteiger partial charge >= 0.3 is 7.56 Å². The van der Waals surface area contributed by atoms with Crippen molar-refractivity contribution >= 4 is 18.5 Å². The summed E-state index contributed by atoms with van der Waals surface area (Å²) < 4.78 is 10.2. The predicted molar refractivity (Wildman–Crippen MR) is 75.3 cm³/mol. The minimum absolute atomic E-state index is 0. The summed E-state index contributed by atoms with van der Waals surface area (Å²) in [6, 6.07) is 10.5. The highest BCUT2D eigenvalue weighted by Gasteiger charge is 1.99. The van der Waals surface area contributed by atoms with Gasteiger partial charge in [-0.05, 0) is 31.0 Å². The molecule has 0 spiro atoms. The second-order valence-corrected chi connectivity index (χ2v) is 3.50. The molecule has 1 aromatic heterocycles. The van der Waals surface area contributed by atoms with Gasteiger partial charge in [-0.3, -0.25) is 4.98 Å². The Labute approximate surface area is 104 Å². The normalized spacial score (nSPS) is 8.94. The molecule has 0 saturated heterocycles. The van der Waals surface area contributed by atoms with Gasteiger partial charge in [0.25, 0.3) is 0 Å². The summed E-state index contributed by atoms with van der Waals surface area (Å²) in [7, 11) is 0.500. The fraction of sp³-hybridized carbons (Fsp3) is 0.357. The third-order valence-corrected chi connectivity index (χ3v) is 2.40. The molecule has 0 N–H and O–H groups in total. The molecule has 0 aliphatic carbocycles. The largest absolute Gasteiger partial charge is 0.351 e. The number of aromatic nitrogens is 1. The Hall–Kier alpha value is -1.38. The van der Waals surface area contributed by atoms with Gasteiger partial charge in [0.1, 0.15) is 0 Å². The van der Waals surface area contributed by atoms with Gasteiger partial charge < -0.3 is 4.32 Å². The summed E-state index contributed by atoms with van der Waals surface area (Å²) in [6.45, 7) is 5.57. The first-order valence-electron chi connectivity index (χ1n) is 5.46. The van der Waals surface area contributed by atoms with Crippen LogP contribution in [0.5, 0.6) is 0 Å². The van der Waals surface area contributed by atoms with Crippen LogP contribution in [0.4, 0.5) is 4.32 Å². The molecule has 0 amide bonds. The van der Waals surface area contributed by atoms with E-state index in [0.717, 1.165) is 17.6 Å². The van der Waals surface area contributed by atoms with Gasteiger partial charge in [0.05, 0.1) is 5.52 Å². The van der Waals surface area contributed by atoms with Crippen molar-refractivity contribution in [3.8, 4) is 0 Å². The second kappa shape index (κ2) is 7.83. The van der Waals surface area contributed by atoms with Crippen LogP contribution >= 0.6 is 0 Å². The second-order valence-electron chi connectivity index (χ2n) is 3.50. The van der Waals surface area contributed by atoms with Crippen molar-refractivity contribution in [2.45, 2.75) is 34.5 Å². The summed E-state index contributed by atoms with van der Waals surface area (Å²) in [4.78, 5) is 4.55. The van der Waals surface area contributed by atoms with Gasteiger partial charge in [0.15, 0.2) is 0 Å². The standard InChI is InChI=1S/C12H13N.CH3BF.CH4/c1-3-10-8-11-6-4-5-7-12(11)13-9(10)2;1-2-3;/h4-8H,3H2,1-2H3;1H3;1H4. The molecule has 1 radical (unpaired) electrons. The molecule has 17 heavy (non-hydrogen) atoms. The molecule has 0 atom stereocenters. The SMILES string of the molecule is C.CCc1cc2ccccc2nc1C.C[B]F. The topological polar surface area (TPSA) is 12.9 Å². The predicted octanol–water partition coefficient (Wildman–Crippen LogP) is 4.36. The molecule has 1 heterocycles. The average Bonchev–Trinajstić information content (AvgIpc) is 2.29. The molecule has 2 aromatic rings. The van der Waals surface area contributed by atoms with E-state index < -0.39 is 0 Å². The van der Waals surface area contributed by atoms with Gasteiger partial charge in [-0.15, -0.1) is 0 Å². The van der Waals surface area contributed by atoms with E-state index in [2.05, 4.69) is 43.1 Å². The first-order valence-corrected chi connectivity index (χ1v) is 5.46. The first kappa shape index (κ1) is 15.6. The summed E-state index contributed by atoms with van der Waals surface area (Å²) in [5.74, 6) is 0. The van der Waals surface area contributed by atoms with Crippen LogP contribution in [0.3, 0.4) is 0 Å². The number of hydrogen-bond acceptors (Lipinski definition) is 1. The molecule has 0 fully saturated rings. The van der Waals surface area contributed by atoms with Crippen LogP contribution in [0, 0.1) is 6.92 Å². The number of para-hydroxylation sites is 1. The number of benzene rings is 1. The van der Waals surface area contributed by atoms with Crippen molar-refractivity contribution in [2.75, 3.05) is 0 Å². The number of nitrogens with zero attached hydrogens (tertiary/aromatic N) is 1. The molecule has 0 saturated carbocycles. The Kier molecular flexibility index (Phi) is 7.19. The fourth-order valence-corrected chi connectivity index (χ4v) is 1.61. The Morgan fingerprint density at radius 2 is 1.88 bits per heavy atom. The van der Waals surface area contributed by atoms with Crippen LogP contribution in [0.25, 0.3) is 10.9 Å². The van der Waals surface area contributed by atoms with Crippen molar-refractivity contribution in [1.29, 1.82) is 0 Å². The lowest BCUT2D eigenvalue weighted by atomic mass is 10.1. The van der Waals surface area contributed by atoms with Gasteiger partial charge in [-0.1, -0.05) is 39.4 Å². The minimum atomic E-state index is 0. The van der Waals surface area contributed by atoms with E-state index >= 15 is 0 Å². The maximum Gasteiger partial charge on any atom is 0.351 e. The van der Waals surface area contributed by atoms with Crippen molar-refractivity contribution in [3.05, 3.63) is 41.6 Å². The summed E-state index contributed by atoms with van der Waals surface area (Å²) in [6.07, 6.45) is 1.06. The third-order valence-electron chi connectivity index (χ3n) is 2.40. The molecular weight excluding hydrogens is 212 g/mol. The molecule has 0 aliphatic rings. The Morgan fingerprint density at radius 3 is 2.47 bits per heavy atom. The van der Waals surface area contributed by atoms with E-state index in [1.54, 1.807) is 0 Å². The van der Waals surface area contributed by atoms with E-state index in [9.17, 15) is 4.32 Å². The molecular formula is C14H20BFN. The minimum Gasteiger partial charge on any atom is -0.343 e. The van der Waals surface area contributed by atoms with Crippen LogP contribution in [0.15, 0.2) is 30.3 Å². The van der Waals surface area contributed by atoms with Crippen LogP contribution in [-0.2, 0) is 6.42 Å². The van der Waals surface area contributed by atoms with Crippen molar-refractivity contribution in [1.82, 2.24) is 4.98 Å². The molecule has 2 rings (SSSR count). The first-order chi connectivity index (χ1) is 7.72. The fourth-order valence-electron chi connectivity index (χ4n) is 1.61. The number of fused-ring (bicyclic) bond motifs is 1. The molecule has 3 heteroatoms. The number of rotatable bonds is 1. The van der Waals surface area contributed by atoms with E-state index in [1.807, 2.05) is 6.07 Å². The molecule has 0 aliphatic heterocycles. The highest BCUT2D eigenvalue weighted by atomic mass is 19.1. The zero-order valence-corrected chi connectivity index (χ0v) is 10.00. The van der Waals surface area contributed by atoms with Crippen LogP contribution in [-0.4, -0.2) is 12.5 Å². The zero-order chi connectivity index (χ0) is 12.0. The van der Waals surface area contributed by atoms with Gasteiger partial charge in [0, 0.05) is 11.1 Å². The molecule has 91 valence electrons. The molecule has 0 bridgehead atoms. The van der Waals surface area contributed by atoms with E-state index in [1.165, 1.54) is 17.8 Å². The number of halogens is 1. The summed E-state index contributed by atoms with van der Waals surface area (Å²) >= 11 is 0. The lowest BCUT2D eigenvalue weighted by Gasteiger charge is -2.04. The average molecular weight is 232 g/mol. The highest BCUT2D eigenvalue weighted by Crippen LogP contribution is 2.16. The summed E-state index contributed by atoms with van der Waals surface area (Å²) in [5.41, 5.74) is 3.59. The number of aryl methyl sites for hydroxylation is 2. The highest BCUT2D eigenvalue weighted by molar-refractivity contribution is 6.23. The third kappa shape index (κ3) is 4.18. The Bertz CT molecular complexity index is 457. The smallest absolute Gasteiger partial charge is 0.343 e. The maximum atomic E-state index is 10.2. The molecule has 1 nitrogen and oxygen atoms in total. The quantitative estimate of drug-likeness (QED) is 0.665. The van der Waals surface area contributed by atoms with Crippen LogP contribution in [0.2, 0.25) is 6.82 Å². The van der Waals surface area contributed by atoms with E-state index in [4.69, 9.17) is 0 Å². The van der Waals surface area contributed by atoms with Crippen LogP contribution < -0.4 is 0 Å². The zero-order valence-electron chi connectivity index (χ0n) is 10.00. The number of pyridine rings is 1. The Balaban J connectivity index is 0.000000583. The van der Waals surface area contributed by atoms with Crippen molar-refractivity contribution in [2.24, 2.45) is 0 Å². The van der Waals surface area contributed by atoms with Gasteiger partial charge in [-0.2, -0.15) is 0 Å². The van der Waals surface area contributed by atoms with Crippen molar-refractivity contribution in [3.63, 3.8) is 0 Å².